The van der Waals surface area contributed by atoms with E-state index in [1.165, 1.54) is 0 Å². The normalized spacial score (nSPS) is 33.4. The molecule has 0 radical (unpaired) electrons. The van der Waals surface area contributed by atoms with Crippen LogP contribution in [0, 0.1) is 11.8 Å². The molecule has 0 saturated carbocycles. The van der Waals surface area contributed by atoms with Crippen LogP contribution >= 0.6 is 0 Å². The first-order valence-corrected chi connectivity index (χ1v) is 8.17. The molecule has 0 aromatic heterocycles. The molecule has 2 aliphatic rings. The Morgan fingerprint density at radius 1 is 1.48 bits per heavy atom. The highest BCUT2D eigenvalue weighted by atomic mass is 16.6. The number of ether oxygens (including phenoxy) is 1. The predicted octanol–water partition coefficient (Wildman–Crippen LogP) is 1.56. The van der Waals surface area contributed by atoms with Crippen LogP contribution in [0.2, 0.25) is 0 Å². The number of rotatable bonds is 4. The second-order valence-corrected chi connectivity index (χ2v) is 6.70. The zero-order valence-electron chi connectivity index (χ0n) is 13.6. The molecule has 2 aliphatic heterocycles. The van der Waals surface area contributed by atoms with Gasteiger partial charge in [0.15, 0.2) is 0 Å². The van der Waals surface area contributed by atoms with Crippen LogP contribution in [0.15, 0.2) is 0 Å². The minimum absolute atomic E-state index is 0.0117. The van der Waals surface area contributed by atoms with E-state index in [9.17, 15) is 9.59 Å². The maximum atomic E-state index is 12.1. The van der Waals surface area contributed by atoms with Crippen molar-refractivity contribution in [3.05, 3.63) is 0 Å². The van der Waals surface area contributed by atoms with E-state index in [0.717, 1.165) is 32.4 Å². The SMILES string of the molecule is CC[C@@H]1CN(C(=O)C(C)C)CC[C@@H]1N[C@@H]1C[C@@H](C)OC1=O. The smallest absolute Gasteiger partial charge is 0.323 e. The molecule has 5 nitrogen and oxygen atoms in total. The van der Waals surface area contributed by atoms with Gasteiger partial charge in [0.25, 0.3) is 0 Å². The van der Waals surface area contributed by atoms with Crippen molar-refractivity contribution in [1.29, 1.82) is 0 Å². The standard InChI is InChI=1S/C16H28N2O3/c1-5-12-9-18(15(19)10(2)3)7-6-13(12)17-14-8-11(4)21-16(14)20/h10-14,17H,5-9H2,1-4H3/t11-,12-,13+,14-/m1/s1. The molecule has 4 atom stereocenters. The molecule has 1 amide bonds. The lowest BCUT2D eigenvalue weighted by atomic mass is 9.88. The topological polar surface area (TPSA) is 58.6 Å². The van der Waals surface area contributed by atoms with Gasteiger partial charge in [0, 0.05) is 31.5 Å². The van der Waals surface area contributed by atoms with Crippen LogP contribution in [0.4, 0.5) is 0 Å². The number of likely N-dealkylation sites (tertiary alicyclic amines) is 1. The third-order valence-electron chi connectivity index (χ3n) is 4.65. The van der Waals surface area contributed by atoms with E-state index >= 15 is 0 Å². The van der Waals surface area contributed by atoms with Crippen molar-refractivity contribution in [3.63, 3.8) is 0 Å². The molecule has 2 rings (SSSR count). The Labute approximate surface area is 127 Å². The fourth-order valence-electron chi connectivity index (χ4n) is 3.38. The number of cyclic esters (lactones) is 1. The summed E-state index contributed by atoms with van der Waals surface area (Å²) in [5.74, 6) is 0.571. The first-order valence-electron chi connectivity index (χ1n) is 8.17. The number of carbonyl (C=O) groups excluding carboxylic acids is 2. The Hall–Kier alpha value is -1.10. The summed E-state index contributed by atoms with van der Waals surface area (Å²) in [6, 6.07) is 0.125. The van der Waals surface area contributed by atoms with Gasteiger partial charge in [-0.25, -0.2) is 0 Å². The highest BCUT2D eigenvalue weighted by Gasteiger charge is 2.37. The number of hydrogen-bond acceptors (Lipinski definition) is 4. The van der Waals surface area contributed by atoms with Crippen LogP contribution in [-0.4, -0.2) is 48.1 Å². The second kappa shape index (κ2) is 6.77. The van der Waals surface area contributed by atoms with Gasteiger partial charge in [-0.15, -0.1) is 0 Å². The van der Waals surface area contributed by atoms with Gasteiger partial charge in [-0.05, 0) is 19.3 Å². The van der Waals surface area contributed by atoms with E-state index in [0.29, 0.717) is 12.0 Å². The summed E-state index contributed by atoms with van der Waals surface area (Å²) in [4.78, 5) is 25.9. The summed E-state index contributed by atoms with van der Waals surface area (Å²) >= 11 is 0. The maximum Gasteiger partial charge on any atom is 0.323 e. The number of nitrogens with one attached hydrogen (secondary N) is 1. The molecular weight excluding hydrogens is 268 g/mol. The summed E-state index contributed by atoms with van der Waals surface area (Å²) in [7, 11) is 0. The van der Waals surface area contributed by atoms with Crippen LogP contribution < -0.4 is 5.32 Å². The summed E-state index contributed by atoms with van der Waals surface area (Å²) in [5, 5.41) is 3.48. The van der Waals surface area contributed by atoms with E-state index < -0.39 is 0 Å². The fourth-order valence-corrected chi connectivity index (χ4v) is 3.38. The monoisotopic (exact) mass is 296 g/mol. The van der Waals surface area contributed by atoms with Crippen molar-refractivity contribution in [1.82, 2.24) is 10.2 Å². The van der Waals surface area contributed by atoms with E-state index in [4.69, 9.17) is 4.74 Å². The molecule has 120 valence electrons. The Kier molecular flexibility index (Phi) is 5.25. The van der Waals surface area contributed by atoms with Crippen LogP contribution in [-0.2, 0) is 14.3 Å². The van der Waals surface area contributed by atoms with Crippen LogP contribution in [0.1, 0.15) is 47.0 Å². The lowest BCUT2D eigenvalue weighted by molar-refractivity contribution is -0.143. The van der Waals surface area contributed by atoms with Crippen molar-refractivity contribution in [2.45, 2.75) is 65.1 Å². The highest BCUT2D eigenvalue weighted by molar-refractivity contribution is 5.78. The summed E-state index contributed by atoms with van der Waals surface area (Å²) in [6.07, 6.45) is 2.68. The van der Waals surface area contributed by atoms with Gasteiger partial charge in [-0.3, -0.25) is 9.59 Å². The van der Waals surface area contributed by atoms with Gasteiger partial charge in [0.05, 0.1) is 0 Å². The molecule has 0 spiro atoms. The molecule has 0 bridgehead atoms. The van der Waals surface area contributed by atoms with Gasteiger partial charge in [0.2, 0.25) is 5.91 Å². The number of carbonyl (C=O) groups is 2. The lowest BCUT2D eigenvalue weighted by Crippen LogP contribution is -2.54. The first kappa shape index (κ1) is 16.3. The maximum absolute atomic E-state index is 12.1. The second-order valence-electron chi connectivity index (χ2n) is 6.70. The van der Waals surface area contributed by atoms with Crippen LogP contribution in [0.25, 0.3) is 0 Å². The minimum Gasteiger partial charge on any atom is -0.461 e. The zero-order valence-corrected chi connectivity index (χ0v) is 13.6. The van der Waals surface area contributed by atoms with E-state index in [-0.39, 0.29) is 29.9 Å². The predicted molar refractivity (Wildman–Crippen MR) is 80.7 cm³/mol. The summed E-state index contributed by atoms with van der Waals surface area (Å²) < 4.78 is 5.21. The largest absolute Gasteiger partial charge is 0.461 e. The number of nitrogens with zero attached hydrogens (tertiary/aromatic N) is 1. The van der Waals surface area contributed by atoms with Crippen molar-refractivity contribution < 1.29 is 14.3 Å². The molecule has 0 aliphatic carbocycles. The average molecular weight is 296 g/mol. The van der Waals surface area contributed by atoms with Crippen LogP contribution in [0.5, 0.6) is 0 Å². The van der Waals surface area contributed by atoms with Gasteiger partial charge in [-0.1, -0.05) is 27.2 Å². The first-order chi connectivity index (χ1) is 9.92. The van der Waals surface area contributed by atoms with Gasteiger partial charge in [0.1, 0.15) is 12.1 Å². The van der Waals surface area contributed by atoms with Crippen molar-refractivity contribution >= 4 is 11.9 Å². The third-order valence-corrected chi connectivity index (χ3v) is 4.65. The Morgan fingerprint density at radius 3 is 2.71 bits per heavy atom. The quantitative estimate of drug-likeness (QED) is 0.800. The molecule has 2 heterocycles. The Balaban J connectivity index is 1.93. The van der Waals surface area contributed by atoms with Gasteiger partial charge < -0.3 is 15.0 Å². The zero-order chi connectivity index (χ0) is 15.6. The Bertz CT molecular complexity index is 397. The van der Waals surface area contributed by atoms with Crippen molar-refractivity contribution in [2.75, 3.05) is 13.1 Å². The third kappa shape index (κ3) is 3.76. The van der Waals surface area contributed by atoms with Gasteiger partial charge in [-0.2, -0.15) is 0 Å². The molecule has 0 aromatic carbocycles. The lowest BCUT2D eigenvalue weighted by Gasteiger charge is -2.40. The number of esters is 1. The molecule has 1 N–H and O–H groups in total. The van der Waals surface area contributed by atoms with E-state index in [1.54, 1.807) is 0 Å². The van der Waals surface area contributed by atoms with E-state index in [2.05, 4.69) is 12.2 Å². The number of hydrogen-bond donors (Lipinski definition) is 1. The molecule has 2 fully saturated rings. The molecule has 21 heavy (non-hydrogen) atoms. The fraction of sp³-hybridized carbons (Fsp3) is 0.875. The number of amides is 1. The minimum atomic E-state index is -0.175. The molecule has 5 heteroatoms. The molecule has 2 saturated heterocycles. The van der Waals surface area contributed by atoms with Gasteiger partial charge >= 0.3 is 5.97 Å². The highest BCUT2D eigenvalue weighted by Crippen LogP contribution is 2.24. The summed E-state index contributed by atoms with van der Waals surface area (Å²) in [5.41, 5.74) is 0. The van der Waals surface area contributed by atoms with Crippen LogP contribution in [0.3, 0.4) is 0 Å². The van der Waals surface area contributed by atoms with E-state index in [1.807, 2.05) is 25.7 Å². The van der Waals surface area contributed by atoms with Crippen molar-refractivity contribution in [2.24, 2.45) is 11.8 Å². The van der Waals surface area contributed by atoms with Crippen molar-refractivity contribution in [3.8, 4) is 0 Å². The molecular formula is C16H28N2O3. The molecule has 0 aromatic rings. The Morgan fingerprint density at radius 2 is 2.19 bits per heavy atom. The average Bonchev–Trinajstić information content (AvgIpc) is 2.76. The summed E-state index contributed by atoms with van der Waals surface area (Å²) in [6.45, 7) is 9.55. The number of piperidine rings is 1. The molecule has 0 unspecified atom stereocenters.